The highest BCUT2D eigenvalue weighted by Crippen LogP contribution is 2.25. The molecule has 0 saturated carbocycles. The highest BCUT2D eigenvalue weighted by Gasteiger charge is 2.15. The van der Waals surface area contributed by atoms with Gasteiger partial charge in [-0.05, 0) is 12.0 Å². The predicted octanol–water partition coefficient (Wildman–Crippen LogP) is 4.35. The maximum absolute atomic E-state index is 11.0. The van der Waals surface area contributed by atoms with Crippen molar-refractivity contribution < 1.29 is 4.79 Å². The lowest BCUT2D eigenvalue weighted by Crippen LogP contribution is -2.08. The first-order chi connectivity index (χ1) is 8.29. The second-order valence-electron chi connectivity index (χ2n) is 4.50. The van der Waals surface area contributed by atoms with Gasteiger partial charge in [0.2, 0.25) is 0 Å². The first kappa shape index (κ1) is 13.7. The summed E-state index contributed by atoms with van der Waals surface area (Å²) in [6.45, 7) is 4.17. The number of hydrogen-bond donors (Lipinski definition) is 0. The summed E-state index contributed by atoms with van der Waals surface area (Å²) in [5, 5.41) is 0. The third-order valence-electron chi connectivity index (χ3n) is 3.03. The fourth-order valence-corrected chi connectivity index (χ4v) is 1.91. The molecule has 0 N–H and O–H groups in total. The van der Waals surface area contributed by atoms with Crippen molar-refractivity contribution in [2.45, 2.75) is 39.0 Å². The second kappa shape index (κ2) is 7.83. The van der Waals surface area contributed by atoms with E-state index in [9.17, 15) is 4.79 Å². The summed E-state index contributed by atoms with van der Waals surface area (Å²) in [6, 6.07) is 10.2. The van der Waals surface area contributed by atoms with Crippen LogP contribution in [-0.2, 0) is 4.79 Å². The van der Waals surface area contributed by atoms with Crippen LogP contribution >= 0.6 is 0 Å². The van der Waals surface area contributed by atoms with Gasteiger partial charge in [0.25, 0.3) is 0 Å². The van der Waals surface area contributed by atoms with Crippen molar-refractivity contribution in [2.24, 2.45) is 5.92 Å². The zero-order valence-corrected chi connectivity index (χ0v) is 10.8. The number of allylic oxidation sites excluding steroid dienone is 2. The summed E-state index contributed by atoms with van der Waals surface area (Å²) in [5.74, 6) is 0.251. The van der Waals surface area contributed by atoms with Gasteiger partial charge in [0, 0.05) is 11.8 Å². The molecule has 17 heavy (non-hydrogen) atoms. The van der Waals surface area contributed by atoms with Gasteiger partial charge in [0.1, 0.15) is 6.29 Å². The molecule has 1 rings (SSSR count). The fourth-order valence-electron chi connectivity index (χ4n) is 1.91. The molecule has 0 aromatic heterocycles. The number of benzene rings is 1. The van der Waals surface area contributed by atoms with Gasteiger partial charge in [-0.1, -0.05) is 69.2 Å². The zero-order valence-electron chi connectivity index (χ0n) is 10.8. The monoisotopic (exact) mass is 230 g/mol. The smallest absolute Gasteiger partial charge is 0.123 e. The molecular weight excluding hydrogens is 208 g/mol. The van der Waals surface area contributed by atoms with E-state index in [4.69, 9.17) is 0 Å². The Kier molecular flexibility index (Phi) is 6.31. The molecule has 1 heteroatoms. The standard InChI is InChI=1S/C16H22O/c1-3-4-5-9-12-16(14(2)13-17)15-10-7-6-8-11-15/h6-14,16H,3-5H2,1-2H3/b12-9+/t14-,16-/m1/s1. The number of rotatable bonds is 7. The molecule has 0 spiro atoms. The molecule has 0 radical (unpaired) electrons. The minimum Gasteiger partial charge on any atom is -0.303 e. The molecule has 0 heterocycles. The fraction of sp³-hybridized carbons (Fsp3) is 0.438. The molecule has 0 fully saturated rings. The molecule has 92 valence electrons. The number of aldehydes is 1. The van der Waals surface area contributed by atoms with E-state index in [0.29, 0.717) is 0 Å². The molecule has 0 aliphatic carbocycles. The van der Waals surface area contributed by atoms with Crippen molar-refractivity contribution in [3.63, 3.8) is 0 Å². The quantitative estimate of drug-likeness (QED) is 0.386. The van der Waals surface area contributed by atoms with Crippen LogP contribution in [0, 0.1) is 5.92 Å². The van der Waals surface area contributed by atoms with Gasteiger partial charge in [-0.2, -0.15) is 0 Å². The van der Waals surface area contributed by atoms with E-state index in [1.807, 2.05) is 25.1 Å². The molecule has 0 bridgehead atoms. The van der Waals surface area contributed by atoms with Crippen LogP contribution in [-0.4, -0.2) is 6.29 Å². The number of unbranched alkanes of at least 4 members (excludes halogenated alkanes) is 2. The van der Waals surface area contributed by atoms with E-state index in [1.54, 1.807) is 0 Å². The minimum atomic E-state index is 0.0373. The maximum Gasteiger partial charge on any atom is 0.123 e. The van der Waals surface area contributed by atoms with Gasteiger partial charge in [0.05, 0.1) is 0 Å². The second-order valence-corrected chi connectivity index (χ2v) is 4.50. The van der Waals surface area contributed by atoms with Crippen LogP contribution in [0.4, 0.5) is 0 Å². The molecule has 2 atom stereocenters. The largest absolute Gasteiger partial charge is 0.303 e. The first-order valence-electron chi connectivity index (χ1n) is 6.46. The summed E-state index contributed by atoms with van der Waals surface area (Å²) in [4.78, 5) is 11.0. The van der Waals surface area contributed by atoms with Crippen molar-refractivity contribution in [3.05, 3.63) is 48.0 Å². The Hall–Kier alpha value is -1.37. The van der Waals surface area contributed by atoms with Crippen molar-refractivity contribution >= 4 is 6.29 Å². The van der Waals surface area contributed by atoms with E-state index in [-0.39, 0.29) is 11.8 Å². The lowest BCUT2D eigenvalue weighted by molar-refractivity contribution is -0.110. The Bertz CT molecular complexity index is 340. The Balaban J connectivity index is 2.74. The van der Waals surface area contributed by atoms with Crippen LogP contribution in [0.1, 0.15) is 44.6 Å². The number of hydrogen-bond acceptors (Lipinski definition) is 1. The summed E-state index contributed by atoms with van der Waals surface area (Å²) < 4.78 is 0. The van der Waals surface area contributed by atoms with Gasteiger partial charge >= 0.3 is 0 Å². The molecule has 1 aromatic rings. The van der Waals surface area contributed by atoms with Gasteiger partial charge in [-0.25, -0.2) is 0 Å². The topological polar surface area (TPSA) is 17.1 Å². The van der Waals surface area contributed by atoms with Crippen molar-refractivity contribution in [3.8, 4) is 0 Å². The van der Waals surface area contributed by atoms with Crippen LogP contribution < -0.4 is 0 Å². The van der Waals surface area contributed by atoms with Gasteiger partial charge in [0.15, 0.2) is 0 Å². The molecule has 0 amide bonds. The van der Waals surface area contributed by atoms with Crippen molar-refractivity contribution in [2.75, 3.05) is 0 Å². The highest BCUT2D eigenvalue weighted by atomic mass is 16.1. The van der Waals surface area contributed by atoms with Crippen molar-refractivity contribution in [1.82, 2.24) is 0 Å². The Labute approximate surface area is 105 Å². The normalized spacial score (nSPS) is 14.7. The van der Waals surface area contributed by atoms with Gasteiger partial charge in [-0.3, -0.25) is 0 Å². The molecule has 1 aromatic carbocycles. The lowest BCUT2D eigenvalue weighted by atomic mass is 9.87. The number of carbonyl (C=O) groups excluding carboxylic acids is 1. The van der Waals surface area contributed by atoms with E-state index >= 15 is 0 Å². The van der Waals surface area contributed by atoms with Crippen LogP contribution in [0.15, 0.2) is 42.5 Å². The average molecular weight is 230 g/mol. The van der Waals surface area contributed by atoms with E-state index < -0.39 is 0 Å². The van der Waals surface area contributed by atoms with Crippen LogP contribution in [0.2, 0.25) is 0 Å². The summed E-state index contributed by atoms with van der Waals surface area (Å²) in [5.41, 5.74) is 1.22. The van der Waals surface area contributed by atoms with E-state index in [2.05, 4.69) is 31.2 Å². The predicted molar refractivity (Wildman–Crippen MR) is 73.1 cm³/mol. The van der Waals surface area contributed by atoms with Gasteiger partial charge < -0.3 is 4.79 Å². The maximum atomic E-state index is 11.0. The van der Waals surface area contributed by atoms with E-state index in [0.717, 1.165) is 12.7 Å². The molecular formula is C16H22O. The molecule has 0 unspecified atom stereocenters. The summed E-state index contributed by atoms with van der Waals surface area (Å²) in [7, 11) is 0. The van der Waals surface area contributed by atoms with Crippen LogP contribution in [0.3, 0.4) is 0 Å². The minimum absolute atomic E-state index is 0.0373. The number of carbonyl (C=O) groups is 1. The third-order valence-corrected chi connectivity index (χ3v) is 3.03. The van der Waals surface area contributed by atoms with Crippen molar-refractivity contribution in [1.29, 1.82) is 0 Å². The van der Waals surface area contributed by atoms with E-state index in [1.165, 1.54) is 18.4 Å². The molecule has 0 aliphatic rings. The SMILES string of the molecule is CCCC/C=C/[C@@H](c1ccccc1)[C@H](C)C=O. The Morgan fingerprint density at radius 1 is 1.24 bits per heavy atom. The van der Waals surface area contributed by atoms with Crippen LogP contribution in [0.25, 0.3) is 0 Å². The summed E-state index contributed by atoms with van der Waals surface area (Å²) in [6.07, 6.45) is 8.97. The average Bonchev–Trinajstić information content (AvgIpc) is 2.39. The lowest BCUT2D eigenvalue weighted by Gasteiger charge is -2.16. The Morgan fingerprint density at radius 3 is 2.53 bits per heavy atom. The molecule has 1 nitrogen and oxygen atoms in total. The molecule has 0 aliphatic heterocycles. The first-order valence-corrected chi connectivity index (χ1v) is 6.46. The Morgan fingerprint density at radius 2 is 1.94 bits per heavy atom. The summed E-state index contributed by atoms with van der Waals surface area (Å²) >= 11 is 0. The highest BCUT2D eigenvalue weighted by molar-refractivity contribution is 5.56. The van der Waals surface area contributed by atoms with Crippen LogP contribution in [0.5, 0.6) is 0 Å². The van der Waals surface area contributed by atoms with Gasteiger partial charge in [-0.15, -0.1) is 0 Å². The molecule has 0 saturated heterocycles. The third kappa shape index (κ3) is 4.56. The zero-order chi connectivity index (χ0) is 12.5.